The van der Waals surface area contributed by atoms with E-state index in [0.717, 1.165) is 21.9 Å². The molecule has 7 heteroatoms. The van der Waals surface area contributed by atoms with E-state index in [2.05, 4.69) is 15.4 Å². The standard InChI is InChI=1S/C15H19N3O3S/c1-10-7-14(19)16-17-15(10)11-3-4-13-12(8-11)18(5-6-21-2)9-22(13)20/h3-4,8,10H,5-7,9H2,1-2H3,(H,16,19). The zero-order valence-electron chi connectivity index (χ0n) is 12.7. The fourth-order valence-corrected chi connectivity index (χ4v) is 4.12. The fraction of sp³-hybridized carbons (Fsp3) is 0.467. The van der Waals surface area contributed by atoms with Gasteiger partial charge in [0.15, 0.2) is 0 Å². The van der Waals surface area contributed by atoms with Gasteiger partial charge in [-0.05, 0) is 12.1 Å². The molecular formula is C15H19N3O3S. The maximum absolute atomic E-state index is 12.2. The van der Waals surface area contributed by atoms with E-state index in [1.54, 1.807) is 7.11 Å². The number of benzene rings is 1. The van der Waals surface area contributed by atoms with Gasteiger partial charge in [-0.25, -0.2) is 5.43 Å². The van der Waals surface area contributed by atoms with E-state index < -0.39 is 10.8 Å². The van der Waals surface area contributed by atoms with Gasteiger partial charge in [-0.1, -0.05) is 13.0 Å². The molecule has 118 valence electrons. The molecule has 2 unspecified atom stereocenters. The summed E-state index contributed by atoms with van der Waals surface area (Å²) in [6.07, 6.45) is 0.440. The second kappa shape index (κ2) is 6.18. The number of nitrogens with one attached hydrogen (secondary N) is 1. The zero-order chi connectivity index (χ0) is 15.7. The van der Waals surface area contributed by atoms with Crippen molar-refractivity contribution >= 4 is 28.1 Å². The first-order valence-electron chi connectivity index (χ1n) is 7.23. The van der Waals surface area contributed by atoms with Gasteiger partial charge in [0.05, 0.1) is 39.6 Å². The van der Waals surface area contributed by atoms with Crippen molar-refractivity contribution in [1.29, 1.82) is 0 Å². The number of hydrogen-bond donors (Lipinski definition) is 1. The van der Waals surface area contributed by atoms with Crippen molar-refractivity contribution in [2.45, 2.75) is 18.2 Å². The van der Waals surface area contributed by atoms with Crippen LogP contribution in [0, 0.1) is 5.92 Å². The Hall–Kier alpha value is -1.73. The molecule has 0 fully saturated rings. The minimum absolute atomic E-state index is 0.0553. The van der Waals surface area contributed by atoms with Crippen LogP contribution in [0.3, 0.4) is 0 Å². The molecule has 0 spiro atoms. The highest BCUT2D eigenvalue weighted by Crippen LogP contribution is 2.33. The average Bonchev–Trinajstić information content (AvgIpc) is 2.81. The molecule has 0 bridgehead atoms. The Morgan fingerprint density at radius 1 is 1.50 bits per heavy atom. The quantitative estimate of drug-likeness (QED) is 0.901. The number of carbonyl (C=O) groups excluding carboxylic acids is 1. The minimum atomic E-state index is -0.998. The van der Waals surface area contributed by atoms with Crippen LogP contribution in [0.15, 0.2) is 28.2 Å². The van der Waals surface area contributed by atoms with Crippen LogP contribution in [0.4, 0.5) is 5.69 Å². The number of carbonyl (C=O) groups is 1. The lowest BCUT2D eigenvalue weighted by atomic mass is 9.94. The largest absolute Gasteiger partial charge is 0.383 e. The highest BCUT2D eigenvalue weighted by atomic mass is 32.2. The minimum Gasteiger partial charge on any atom is -0.383 e. The Bertz CT molecular complexity index is 659. The zero-order valence-corrected chi connectivity index (χ0v) is 13.5. The third kappa shape index (κ3) is 2.78. The van der Waals surface area contributed by atoms with Gasteiger partial charge in [0.1, 0.15) is 0 Å². The number of ether oxygens (including phenoxy) is 1. The lowest BCUT2D eigenvalue weighted by Gasteiger charge is -2.21. The van der Waals surface area contributed by atoms with Gasteiger partial charge < -0.3 is 9.64 Å². The van der Waals surface area contributed by atoms with E-state index in [-0.39, 0.29) is 11.8 Å². The van der Waals surface area contributed by atoms with E-state index in [1.165, 1.54) is 0 Å². The molecule has 6 nitrogen and oxygen atoms in total. The molecule has 2 aliphatic heterocycles. The Kier molecular flexibility index (Phi) is 4.26. The highest BCUT2D eigenvalue weighted by molar-refractivity contribution is 7.85. The molecule has 0 radical (unpaired) electrons. The summed E-state index contributed by atoms with van der Waals surface area (Å²) in [4.78, 5) is 14.3. The summed E-state index contributed by atoms with van der Waals surface area (Å²) in [6.45, 7) is 3.29. The Morgan fingerprint density at radius 2 is 2.32 bits per heavy atom. The Morgan fingerprint density at radius 3 is 3.05 bits per heavy atom. The van der Waals surface area contributed by atoms with Crippen LogP contribution in [0.25, 0.3) is 0 Å². The Balaban J connectivity index is 1.93. The molecule has 2 atom stereocenters. The van der Waals surface area contributed by atoms with E-state index in [1.807, 2.05) is 25.1 Å². The number of methoxy groups -OCH3 is 1. The number of hydrogen-bond acceptors (Lipinski definition) is 5. The van der Waals surface area contributed by atoms with E-state index in [0.29, 0.717) is 25.4 Å². The van der Waals surface area contributed by atoms with Crippen molar-refractivity contribution in [3.05, 3.63) is 23.8 Å². The second-order valence-electron chi connectivity index (χ2n) is 5.55. The van der Waals surface area contributed by atoms with Crippen LogP contribution in [0.1, 0.15) is 18.9 Å². The van der Waals surface area contributed by atoms with Crippen LogP contribution in [-0.4, -0.2) is 42.0 Å². The predicted octanol–water partition coefficient (Wildman–Crippen LogP) is 1.08. The first-order valence-corrected chi connectivity index (χ1v) is 8.55. The van der Waals surface area contributed by atoms with Gasteiger partial charge in [0.2, 0.25) is 5.91 Å². The van der Waals surface area contributed by atoms with E-state index >= 15 is 0 Å². The van der Waals surface area contributed by atoms with E-state index in [4.69, 9.17) is 4.74 Å². The molecule has 1 aromatic carbocycles. The molecule has 1 N–H and O–H groups in total. The van der Waals surface area contributed by atoms with Gasteiger partial charge in [-0.15, -0.1) is 0 Å². The molecule has 0 aromatic heterocycles. The van der Waals surface area contributed by atoms with Crippen LogP contribution in [0.5, 0.6) is 0 Å². The number of hydrazone groups is 1. The van der Waals surface area contributed by atoms with Crippen molar-refractivity contribution in [1.82, 2.24) is 5.43 Å². The number of rotatable bonds is 4. The molecule has 22 heavy (non-hydrogen) atoms. The fourth-order valence-electron chi connectivity index (χ4n) is 2.79. The lowest BCUT2D eigenvalue weighted by molar-refractivity contribution is -0.121. The first kappa shape index (κ1) is 15.2. The third-order valence-electron chi connectivity index (χ3n) is 3.94. The van der Waals surface area contributed by atoms with Gasteiger partial charge in [-0.2, -0.15) is 5.10 Å². The number of fused-ring (bicyclic) bond motifs is 1. The van der Waals surface area contributed by atoms with Crippen molar-refractivity contribution in [3.8, 4) is 0 Å². The molecule has 0 aliphatic carbocycles. The van der Waals surface area contributed by atoms with Crippen LogP contribution >= 0.6 is 0 Å². The van der Waals surface area contributed by atoms with Gasteiger partial charge in [0, 0.05) is 31.6 Å². The summed E-state index contributed by atoms with van der Waals surface area (Å²) in [6, 6.07) is 5.85. The van der Waals surface area contributed by atoms with Crippen molar-refractivity contribution in [2.24, 2.45) is 11.0 Å². The first-order chi connectivity index (χ1) is 10.6. The van der Waals surface area contributed by atoms with Crippen LogP contribution < -0.4 is 10.3 Å². The normalized spacial score (nSPS) is 24.0. The Labute approximate surface area is 132 Å². The lowest BCUT2D eigenvalue weighted by Crippen LogP contribution is -2.32. The molecule has 0 saturated heterocycles. The molecule has 3 rings (SSSR count). The van der Waals surface area contributed by atoms with Gasteiger partial charge in [-0.3, -0.25) is 9.00 Å². The van der Waals surface area contributed by atoms with Crippen LogP contribution in [-0.2, 0) is 20.3 Å². The van der Waals surface area contributed by atoms with Gasteiger partial charge in [0.25, 0.3) is 0 Å². The molecule has 1 aromatic rings. The molecule has 0 saturated carbocycles. The number of anilines is 1. The average molecular weight is 321 g/mol. The molecule has 1 amide bonds. The van der Waals surface area contributed by atoms with E-state index in [9.17, 15) is 9.00 Å². The summed E-state index contributed by atoms with van der Waals surface area (Å²) in [5.74, 6) is 0.521. The van der Waals surface area contributed by atoms with Crippen LogP contribution in [0.2, 0.25) is 0 Å². The highest BCUT2D eigenvalue weighted by Gasteiger charge is 2.28. The monoisotopic (exact) mass is 321 g/mol. The summed E-state index contributed by atoms with van der Waals surface area (Å²) in [5, 5.41) is 4.19. The van der Waals surface area contributed by atoms with Crippen molar-refractivity contribution < 1.29 is 13.7 Å². The number of nitrogens with zero attached hydrogens (tertiary/aromatic N) is 2. The van der Waals surface area contributed by atoms with Gasteiger partial charge >= 0.3 is 0 Å². The predicted molar refractivity (Wildman–Crippen MR) is 85.4 cm³/mol. The molecule has 2 aliphatic rings. The second-order valence-corrected chi connectivity index (χ2v) is 6.94. The van der Waals surface area contributed by atoms with Crippen molar-refractivity contribution in [3.63, 3.8) is 0 Å². The summed E-state index contributed by atoms with van der Waals surface area (Å²) >= 11 is 0. The topological polar surface area (TPSA) is 71.0 Å². The summed E-state index contributed by atoms with van der Waals surface area (Å²) in [5.41, 5.74) is 5.34. The SMILES string of the molecule is COCCN1CS(=O)c2ccc(C3=NNC(=O)CC3C)cc21. The maximum Gasteiger partial charge on any atom is 0.240 e. The summed E-state index contributed by atoms with van der Waals surface area (Å²) < 4.78 is 17.3. The number of amides is 1. The maximum atomic E-state index is 12.2. The summed E-state index contributed by atoms with van der Waals surface area (Å²) in [7, 11) is 0.660. The third-order valence-corrected chi connectivity index (χ3v) is 5.32. The molecular weight excluding hydrogens is 302 g/mol. The molecule has 2 heterocycles. The van der Waals surface area contributed by atoms with Crippen molar-refractivity contribution in [2.75, 3.05) is 31.0 Å². The smallest absolute Gasteiger partial charge is 0.240 e.